The first-order valence-corrected chi connectivity index (χ1v) is 4.45. The largest absolute Gasteiger partial charge is 0.435 e. The first-order chi connectivity index (χ1) is 6.65. The van der Waals surface area contributed by atoms with E-state index in [0.29, 0.717) is 15.9 Å². The maximum Gasteiger partial charge on any atom is 0.387 e. The molecular formula is C8H4BrF2NO2. The van der Waals surface area contributed by atoms with Crippen LogP contribution in [0.5, 0.6) is 5.75 Å². The summed E-state index contributed by atoms with van der Waals surface area (Å²) >= 11 is 3.03. The lowest BCUT2D eigenvalue weighted by molar-refractivity contribution is -0.0497. The molecule has 2 rings (SSSR count). The molecule has 0 aliphatic rings. The molecule has 2 aromatic rings. The fourth-order valence-corrected chi connectivity index (χ4v) is 1.42. The quantitative estimate of drug-likeness (QED) is 0.835. The summed E-state index contributed by atoms with van der Waals surface area (Å²) in [5.74, 6) is 0.0632. The Morgan fingerprint density at radius 3 is 2.93 bits per heavy atom. The Morgan fingerprint density at radius 2 is 2.21 bits per heavy atom. The summed E-state index contributed by atoms with van der Waals surface area (Å²) in [5.41, 5.74) is 0.980. The monoisotopic (exact) mass is 263 g/mol. The minimum absolute atomic E-state index is 0.0632. The Balaban J connectivity index is 2.40. The summed E-state index contributed by atoms with van der Waals surface area (Å²) in [5, 5.41) is 0. The van der Waals surface area contributed by atoms with Gasteiger partial charge in [0.25, 0.3) is 4.80 Å². The smallest absolute Gasteiger partial charge is 0.387 e. The number of rotatable bonds is 2. The summed E-state index contributed by atoms with van der Waals surface area (Å²) in [6, 6.07) is 4.30. The van der Waals surface area contributed by atoms with E-state index in [0.717, 1.165) is 0 Å². The van der Waals surface area contributed by atoms with Crippen molar-refractivity contribution in [3.05, 3.63) is 23.0 Å². The lowest BCUT2D eigenvalue weighted by Gasteiger charge is -2.02. The van der Waals surface area contributed by atoms with Gasteiger partial charge in [-0.15, -0.1) is 0 Å². The Kier molecular flexibility index (Phi) is 2.37. The molecule has 0 fully saturated rings. The summed E-state index contributed by atoms with van der Waals surface area (Å²) < 4.78 is 33.0. The lowest BCUT2D eigenvalue weighted by atomic mass is 10.3. The zero-order chi connectivity index (χ0) is 10.1. The van der Waals surface area contributed by atoms with Crippen molar-refractivity contribution in [1.82, 2.24) is 4.98 Å². The number of hydrogen-bond acceptors (Lipinski definition) is 3. The molecule has 0 amide bonds. The van der Waals surface area contributed by atoms with Gasteiger partial charge in [-0.2, -0.15) is 8.78 Å². The standard InChI is InChI=1S/C8H4BrF2NO2/c9-7-12-5-3-4(13-8(10)11)1-2-6(5)14-7/h1-3,8H. The van der Waals surface area contributed by atoms with E-state index in [1.165, 1.54) is 18.2 Å². The van der Waals surface area contributed by atoms with E-state index in [9.17, 15) is 8.78 Å². The highest BCUT2D eigenvalue weighted by molar-refractivity contribution is 9.10. The number of aromatic nitrogens is 1. The van der Waals surface area contributed by atoms with Crippen molar-refractivity contribution < 1.29 is 17.9 Å². The molecule has 1 aromatic heterocycles. The molecule has 74 valence electrons. The van der Waals surface area contributed by atoms with Crippen LogP contribution in [0.15, 0.2) is 27.4 Å². The number of nitrogens with zero attached hydrogens (tertiary/aromatic N) is 1. The van der Waals surface area contributed by atoms with Crippen LogP contribution < -0.4 is 4.74 Å². The lowest BCUT2D eigenvalue weighted by Crippen LogP contribution is -2.01. The van der Waals surface area contributed by atoms with Gasteiger partial charge in [-0.25, -0.2) is 4.98 Å². The Hall–Kier alpha value is -1.17. The van der Waals surface area contributed by atoms with E-state index in [-0.39, 0.29) is 5.75 Å². The number of alkyl halides is 2. The van der Waals surface area contributed by atoms with E-state index >= 15 is 0 Å². The molecule has 0 aliphatic carbocycles. The summed E-state index contributed by atoms with van der Waals surface area (Å²) in [7, 11) is 0. The van der Waals surface area contributed by atoms with Crippen molar-refractivity contribution in [1.29, 1.82) is 0 Å². The molecule has 6 heteroatoms. The molecule has 1 heterocycles. The molecule has 3 nitrogen and oxygen atoms in total. The molecule has 0 radical (unpaired) electrons. The molecule has 0 atom stereocenters. The van der Waals surface area contributed by atoms with E-state index in [2.05, 4.69) is 25.7 Å². The minimum Gasteiger partial charge on any atom is -0.435 e. The van der Waals surface area contributed by atoms with Gasteiger partial charge in [0, 0.05) is 22.0 Å². The highest BCUT2D eigenvalue weighted by Crippen LogP contribution is 2.24. The van der Waals surface area contributed by atoms with Crippen molar-refractivity contribution in [2.45, 2.75) is 6.61 Å². The Labute approximate surface area is 85.8 Å². The topological polar surface area (TPSA) is 35.3 Å². The predicted octanol–water partition coefficient (Wildman–Crippen LogP) is 3.19. The number of fused-ring (bicyclic) bond motifs is 1. The molecule has 0 bridgehead atoms. The molecule has 0 N–H and O–H groups in total. The second-order valence-corrected chi connectivity index (χ2v) is 3.15. The van der Waals surface area contributed by atoms with Crippen LogP contribution in [0, 0.1) is 0 Å². The third-order valence-corrected chi connectivity index (χ3v) is 1.90. The van der Waals surface area contributed by atoms with Crippen LogP contribution in [-0.2, 0) is 0 Å². The van der Waals surface area contributed by atoms with Crippen LogP contribution in [-0.4, -0.2) is 11.6 Å². The summed E-state index contributed by atoms with van der Waals surface area (Å²) in [4.78, 5) is 4.21. The SMILES string of the molecule is FC(F)Oc1ccc2oc(Br)nc2c1. The van der Waals surface area contributed by atoms with Crippen LogP contribution in [0.25, 0.3) is 11.1 Å². The van der Waals surface area contributed by atoms with E-state index in [1.54, 1.807) is 0 Å². The average Bonchev–Trinajstić information content (AvgIpc) is 2.42. The molecule has 0 spiro atoms. The number of hydrogen-bond donors (Lipinski definition) is 0. The third kappa shape index (κ3) is 1.84. The van der Waals surface area contributed by atoms with Crippen LogP contribution in [0.2, 0.25) is 0 Å². The van der Waals surface area contributed by atoms with E-state index in [4.69, 9.17) is 4.42 Å². The van der Waals surface area contributed by atoms with Gasteiger partial charge in [0.15, 0.2) is 5.58 Å². The number of ether oxygens (including phenoxy) is 1. The first kappa shape index (κ1) is 9.39. The van der Waals surface area contributed by atoms with Crippen molar-refractivity contribution in [2.75, 3.05) is 0 Å². The zero-order valence-corrected chi connectivity index (χ0v) is 8.29. The predicted molar refractivity (Wildman–Crippen MR) is 48.3 cm³/mol. The third-order valence-electron chi connectivity index (χ3n) is 1.56. The second-order valence-electron chi connectivity index (χ2n) is 2.47. The number of benzene rings is 1. The van der Waals surface area contributed by atoms with Gasteiger partial charge in [0.1, 0.15) is 11.3 Å². The van der Waals surface area contributed by atoms with Crippen molar-refractivity contribution >= 4 is 27.0 Å². The number of halogens is 3. The van der Waals surface area contributed by atoms with Gasteiger partial charge in [-0.3, -0.25) is 0 Å². The van der Waals surface area contributed by atoms with Crippen molar-refractivity contribution in [3.8, 4) is 5.75 Å². The molecule has 0 aliphatic heterocycles. The maximum atomic E-state index is 11.9. The van der Waals surface area contributed by atoms with Gasteiger partial charge in [0.2, 0.25) is 0 Å². The van der Waals surface area contributed by atoms with Gasteiger partial charge in [-0.05, 0) is 12.1 Å². The second kappa shape index (κ2) is 3.53. The van der Waals surface area contributed by atoms with E-state index in [1.807, 2.05) is 0 Å². The highest BCUT2D eigenvalue weighted by atomic mass is 79.9. The average molecular weight is 264 g/mol. The van der Waals surface area contributed by atoms with Gasteiger partial charge in [0.05, 0.1) is 0 Å². The van der Waals surface area contributed by atoms with Gasteiger partial charge in [-0.1, -0.05) is 0 Å². The molecule has 0 saturated carbocycles. The normalized spacial score (nSPS) is 11.1. The van der Waals surface area contributed by atoms with E-state index < -0.39 is 6.61 Å². The summed E-state index contributed by atoms with van der Waals surface area (Å²) in [6.07, 6.45) is 0. The molecular weight excluding hydrogens is 260 g/mol. The fraction of sp³-hybridized carbons (Fsp3) is 0.125. The maximum absolute atomic E-state index is 11.9. The van der Waals surface area contributed by atoms with Crippen LogP contribution in [0.4, 0.5) is 8.78 Å². The number of oxazole rings is 1. The molecule has 14 heavy (non-hydrogen) atoms. The van der Waals surface area contributed by atoms with Crippen LogP contribution >= 0.6 is 15.9 Å². The van der Waals surface area contributed by atoms with Crippen LogP contribution in [0.1, 0.15) is 0 Å². The van der Waals surface area contributed by atoms with Crippen LogP contribution in [0.3, 0.4) is 0 Å². The Morgan fingerprint density at radius 1 is 1.43 bits per heavy atom. The van der Waals surface area contributed by atoms with Gasteiger partial charge < -0.3 is 9.15 Å². The van der Waals surface area contributed by atoms with Crippen molar-refractivity contribution in [2.24, 2.45) is 0 Å². The van der Waals surface area contributed by atoms with Crippen molar-refractivity contribution in [3.63, 3.8) is 0 Å². The molecule has 1 aromatic carbocycles. The fourth-order valence-electron chi connectivity index (χ4n) is 1.06. The molecule has 0 saturated heterocycles. The minimum atomic E-state index is -2.83. The highest BCUT2D eigenvalue weighted by Gasteiger charge is 2.07. The first-order valence-electron chi connectivity index (χ1n) is 3.66. The zero-order valence-electron chi connectivity index (χ0n) is 6.71. The summed E-state index contributed by atoms with van der Waals surface area (Å²) in [6.45, 7) is -2.83. The van der Waals surface area contributed by atoms with Gasteiger partial charge >= 0.3 is 6.61 Å². The molecule has 0 unspecified atom stereocenters. The Bertz CT molecular complexity index is 458.